The van der Waals surface area contributed by atoms with E-state index in [0.717, 1.165) is 53.8 Å². The molecule has 0 N–H and O–H groups in total. The first-order valence-corrected chi connectivity index (χ1v) is 10.6. The Morgan fingerprint density at radius 2 is 2.14 bits per heavy atom. The predicted octanol–water partition coefficient (Wildman–Crippen LogP) is 5.60. The summed E-state index contributed by atoms with van der Waals surface area (Å²) in [7, 11) is 1.99. The molecule has 1 aliphatic carbocycles. The van der Waals surface area contributed by atoms with E-state index in [-0.39, 0.29) is 6.10 Å². The van der Waals surface area contributed by atoms with Gasteiger partial charge in [-0.1, -0.05) is 16.8 Å². The molecule has 0 saturated heterocycles. The van der Waals surface area contributed by atoms with Gasteiger partial charge in [-0.25, -0.2) is 9.98 Å². The van der Waals surface area contributed by atoms with E-state index < -0.39 is 0 Å². The van der Waals surface area contributed by atoms with E-state index in [9.17, 15) is 0 Å². The van der Waals surface area contributed by atoms with Crippen LogP contribution in [0.15, 0.2) is 31.8 Å². The lowest BCUT2D eigenvalue weighted by atomic mass is 9.96. The Labute approximate surface area is 180 Å². The molecule has 0 amide bonds. The molecule has 0 bridgehead atoms. The molecule has 1 saturated carbocycles. The van der Waals surface area contributed by atoms with E-state index in [4.69, 9.17) is 21.2 Å². The molecule has 1 fully saturated rings. The summed E-state index contributed by atoms with van der Waals surface area (Å²) in [6.45, 7) is 7.14. The van der Waals surface area contributed by atoms with Crippen molar-refractivity contribution in [2.24, 2.45) is 10.1 Å². The van der Waals surface area contributed by atoms with Crippen molar-refractivity contribution in [3.05, 3.63) is 27.3 Å². The first-order chi connectivity index (χ1) is 13.4. The highest BCUT2D eigenvalue weighted by Gasteiger charge is 2.21. The van der Waals surface area contributed by atoms with Crippen molar-refractivity contribution in [3.63, 3.8) is 0 Å². The number of rotatable bonds is 8. The van der Waals surface area contributed by atoms with Gasteiger partial charge in [-0.05, 0) is 74.5 Å². The number of halogens is 2. The number of allylic oxidation sites excluding steroid dienone is 1. The fourth-order valence-corrected chi connectivity index (χ4v) is 3.04. The maximum absolute atomic E-state index is 6.13. The SMILES string of the molecule is CCN(C)C=Nc1cc(Br)c(OC2CCC(=NOCC=C(C)Cl)CC2)nc1C. The van der Waals surface area contributed by atoms with Crippen LogP contribution in [0.4, 0.5) is 5.69 Å². The molecular formula is C20H28BrClN4O2. The highest BCUT2D eigenvalue weighted by atomic mass is 79.9. The molecule has 0 atom stereocenters. The Kier molecular flexibility index (Phi) is 9.25. The molecule has 0 aliphatic heterocycles. The molecule has 1 aromatic rings. The van der Waals surface area contributed by atoms with Gasteiger partial charge in [0, 0.05) is 18.6 Å². The molecule has 28 heavy (non-hydrogen) atoms. The fourth-order valence-electron chi connectivity index (χ4n) is 2.58. The van der Waals surface area contributed by atoms with Crippen LogP contribution in [0, 0.1) is 6.92 Å². The second-order valence-electron chi connectivity index (χ2n) is 6.76. The van der Waals surface area contributed by atoms with Gasteiger partial charge in [-0.3, -0.25) is 0 Å². The number of aromatic nitrogens is 1. The fraction of sp³-hybridized carbons (Fsp3) is 0.550. The third-order valence-electron chi connectivity index (χ3n) is 4.42. The minimum Gasteiger partial charge on any atom is -0.474 e. The van der Waals surface area contributed by atoms with E-state index in [1.807, 2.05) is 38.2 Å². The summed E-state index contributed by atoms with van der Waals surface area (Å²) in [5.41, 5.74) is 2.73. The summed E-state index contributed by atoms with van der Waals surface area (Å²) in [5, 5.41) is 4.90. The maximum Gasteiger partial charge on any atom is 0.228 e. The van der Waals surface area contributed by atoms with E-state index in [2.05, 4.69) is 38.0 Å². The standard InChI is InChI=1S/C20H28BrClN4O2/c1-5-26(4)13-23-19-12-18(21)20(24-15(19)3)28-17-8-6-16(7-9-17)25-27-11-10-14(2)22/h10,12-13,17H,5-9,11H2,1-4H3. The second-order valence-corrected chi connectivity index (χ2v) is 8.21. The highest BCUT2D eigenvalue weighted by molar-refractivity contribution is 9.10. The van der Waals surface area contributed by atoms with Crippen molar-refractivity contribution < 1.29 is 9.57 Å². The van der Waals surface area contributed by atoms with Crippen LogP contribution in [0.1, 0.15) is 45.2 Å². The van der Waals surface area contributed by atoms with Crippen molar-refractivity contribution >= 4 is 45.3 Å². The highest BCUT2D eigenvalue weighted by Crippen LogP contribution is 2.32. The number of nitrogens with zero attached hydrogens (tertiary/aromatic N) is 4. The van der Waals surface area contributed by atoms with Gasteiger partial charge < -0.3 is 14.5 Å². The molecule has 1 aromatic heterocycles. The maximum atomic E-state index is 6.13. The van der Waals surface area contributed by atoms with Crippen molar-refractivity contribution in [3.8, 4) is 5.88 Å². The van der Waals surface area contributed by atoms with Crippen LogP contribution in [-0.2, 0) is 4.84 Å². The number of oxime groups is 1. The van der Waals surface area contributed by atoms with Crippen LogP contribution in [0.3, 0.4) is 0 Å². The third-order valence-corrected chi connectivity index (χ3v) is 5.14. The zero-order valence-electron chi connectivity index (χ0n) is 16.9. The lowest BCUT2D eigenvalue weighted by molar-refractivity contribution is 0.156. The van der Waals surface area contributed by atoms with Crippen molar-refractivity contribution in [1.29, 1.82) is 0 Å². The lowest BCUT2D eigenvalue weighted by Crippen LogP contribution is -2.25. The molecule has 6 nitrogen and oxygen atoms in total. The summed E-state index contributed by atoms with van der Waals surface area (Å²) in [6, 6.07) is 1.95. The summed E-state index contributed by atoms with van der Waals surface area (Å²) in [4.78, 5) is 16.4. The van der Waals surface area contributed by atoms with Gasteiger partial charge in [0.25, 0.3) is 0 Å². The van der Waals surface area contributed by atoms with Gasteiger partial charge in [0.1, 0.15) is 12.7 Å². The van der Waals surface area contributed by atoms with Gasteiger partial charge in [0.2, 0.25) is 5.88 Å². The van der Waals surface area contributed by atoms with E-state index in [1.54, 1.807) is 6.08 Å². The van der Waals surface area contributed by atoms with Gasteiger partial charge in [0.05, 0.1) is 27.9 Å². The normalized spacial score (nSPS) is 17.7. The zero-order valence-corrected chi connectivity index (χ0v) is 19.3. The first kappa shape index (κ1) is 22.7. The monoisotopic (exact) mass is 470 g/mol. The number of ether oxygens (including phenoxy) is 1. The number of aliphatic imine (C=N–C) groups is 1. The zero-order chi connectivity index (χ0) is 20.5. The van der Waals surface area contributed by atoms with Crippen molar-refractivity contribution in [1.82, 2.24) is 9.88 Å². The van der Waals surface area contributed by atoms with Crippen molar-refractivity contribution in [2.75, 3.05) is 20.2 Å². The van der Waals surface area contributed by atoms with Gasteiger partial charge in [-0.2, -0.15) is 0 Å². The van der Waals surface area contributed by atoms with Crippen LogP contribution in [0.2, 0.25) is 0 Å². The topological polar surface area (TPSA) is 59.3 Å². The number of hydrogen-bond acceptors (Lipinski definition) is 5. The molecular weight excluding hydrogens is 444 g/mol. The molecule has 0 unspecified atom stereocenters. The molecule has 0 spiro atoms. The summed E-state index contributed by atoms with van der Waals surface area (Å²) in [5.74, 6) is 0.615. The molecule has 0 aromatic carbocycles. The van der Waals surface area contributed by atoms with Crippen LogP contribution >= 0.6 is 27.5 Å². The minimum absolute atomic E-state index is 0.118. The molecule has 1 aliphatic rings. The summed E-state index contributed by atoms with van der Waals surface area (Å²) in [6.07, 6.45) is 7.22. The average molecular weight is 472 g/mol. The molecule has 1 heterocycles. The quantitative estimate of drug-likeness (QED) is 0.214. The van der Waals surface area contributed by atoms with Gasteiger partial charge in [-0.15, -0.1) is 0 Å². The van der Waals surface area contributed by atoms with Crippen molar-refractivity contribution in [2.45, 2.75) is 52.6 Å². The van der Waals surface area contributed by atoms with Crippen LogP contribution in [0.5, 0.6) is 5.88 Å². The largest absolute Gasteiger partial charge is 0.474 e. The first-order valence-electron chi connectivity index (χ1n) is 9.47. The second kappa shape index (κ2) is 11.4. The smallest absolute Gasteiger partial charge is 0.228 e. The van der Waals surface area contributed by atoms with Crippen LogP contribution in [-0.4, -0.2) is 48.2 Å². The van der Waals surface area contributed by atoms with E-state index in [1.165, 1.54) is 0 Å². The summed E-state index contributed by atoms with van der Waals surface area (Å²) >= 11 is 9.33. The molecule has 154 valence electrons. The predicted molar refractivity (Wildman–Crippen MR) is 119 cm³/mol. The minimum atomic E-state index is 0.118. The van der Waals surface area contributed by atoms with Crippen LogP contribution < -0.4 is 4.74 Å². The Morgan fingerprint density at radius 1 is 1.43 bits per heavy atom. The third kappa shape index (κ3) is 7.43. The number of hydrogen-bond donors (Lipinski definition) is 0. The Morgan fingerprint density at radius 3 is 2.79 bits per heavy atom. The summed E-state index contributed by atoms with van der Waals surface area (Å²) < 4.78 is 6.95. The number of pyridine rings is 1. The van der Waals surface area contributed by atoms with Crippen LogP contribution in [0.25, 0.3) is 0 Å². The molecule has 0 radical (unpaired) electrons. The number of aryl methyl sites for hydroxylation is 1. The van der Waals surface area contributed by atoms with Gasteiger partial charge in [0.15, 0.2) is 0 Å². The lowest BCUT2D eigenvalue weighted by Gasteiger charge is -2.24. The Balaban J connectivity index is 1.91. The average Bonchev–Trinajstić information content (AvgIpc) is 2.67. The van der Waals surface area contributed by atoms with Gasteiger partial charge >= 0.3 is 0 Å². The molecule has 2 rings (SSSR count). The van der Waals surface area contributed by atoms with E-state index in [0.29, 0.717) is 17.5 Å². The Hall–Kier alpha value is -1.60. The van der Waals surface area contributed by atoms with E-state index >= 15 is 0 Å². The molecule has 8 heteroatoms. The Bertz CT molecular complexity index is 738.